The number of hydrogen-bond donors (Lipinski definition) is 0. The third kappa shape index (κ3) is 2.40. The van der Waals surface area contributed by atoms with E-state index in [2.05, 4.69) is 4.74 Å². The van der Waals surface area contributed by atoms with Crippen LogP contribution in [0.5, 0.6) is 0 Å². The molecule has 21 heavy (non-hydrogen) atoms. The summed E-state index contributed by atoms with van der Waals surface area (Å²) in [6.45, 7) is 0.691. The van der Waals surface area contributed by atoms with E-state index < -0.39 is 5.97 Å². The quantitative estimate of drug-likeness (QED) is 0.795. The zero-order chi connectivity index (χ0) is 14.8. The summed E-state index contributed by atoms with van der Waals surface area (Å²) >= 11 is 0. The molecule has 0 atom stereocenters. The van der Waals surface area contributed by atoms with Crippen molar-refractivity contribution in [3.63, 3.8) is 0 Å². The minimum atomic E-state index is -0.402. The molecule has 0 spiro atoms. The first-order valence-electron chi connectivity index (χ1n) is 6.79. The van der Waals surface area contributed by atoms with E-state index in [9.17, 15) is 9.59 Å². The van der Waals surface area contributed by atoms with Gasteiger partial charge in [0.2, 0.25) is 0 Å². The Balaban J connectivity index is 1.85. The molecule has 0 fully saturated rings. The highest BCUT2D eigenvalue weighted by atomic mass is 16.5. The highest BCUT2D eigenvalue weighted by molar-refractivity contribution is 6.07. The molecule has 1 heterocycles. The molecule has 0 unspecified atom stereocenters. The largest absolute Gasteiger partial charge is 0.465 e. The van der Waals surface area contributed by atoms with E-state index in [4.69, 9.17) is 0 Å². The van der Waals surface area contributed by atoms with Gasteiger partial charge in [0.15, 0.2) is 0 Å². The van der Waals surface area contributed by atoms with E-state index in [0.29, 0.717) is 17.7 Å². The maximum Gasteiger partial charge on any atom is 0.337 e. The Hall–Kier alpha value is -2.62. The van der Waals surface area contributed by atoms with Gasteiger partial charge in [-0.3, -0.25) is 4.79 Å². The summed E-state index contributed by atoms with van der Waals surface area (Å²) in [7, 11) is 1.34. The summed E-state index contributed by atoms with van der Waals surface area (Å²) in [5, 5.41) is 0. The average Bonchev–Trinajstić information content (AvgIpc) is 2.97. The normalized spacial score (nSPS) is 12.9. The number of esters is 1. The number of hydrogen-bond acceptors (Lipinski definition) is 3. The molecule has 4 heteroatoms. The van der Waals surface area contributed by atoms with Crippen LogP contribution in [0.2, 0.25) is 0 Å². The standard InChI is InChI=1S/C17H15NO3/c1-21-17(20)14-8-6-13(7-9-14)16(19)18-11-10-12-4-2-3-5-15(12)18/h2-9H,10-11H2,1H3. The van der Waals surface area contributed by atoms with Crippen LogP contribution in [0.15, 0.2) is 48.5 Å². The fourth-order valence-electron chi connectivity index (χ4n) is 2.57. The van der Waals surface area contributed by atoms with E-state index in [-0.39, 0.29) is 5.91 Å². The van der Waals surface area contributed by atoms with Gasteiger partial charge >= 0.3 is 5.97 Å². The molecule has 0 aliphatic carbocycles. The van der Waals surface area contributed by atoms with E-state index in [1.807, 2.05) is 24.3 Å². The molecule has 1 amide bonds. The predicted molar refractivity (Wildman–Crippen MR) is 79.6 cm³/mol. The van der Waals surface area contributed by atoms with Crippen molar-refractivity contribution in [3.8, 4) is 0 Å². The summed E-state index contributed by atoms with van der Waals surface area (Å²) < 4.78 is 4.65. The first-order chi connectivity index (χ1) is 10.2. The van der Waals surface area contributed by atoms with Crippen LogP contribution in [-0.4, -0.2) is 25.5 Å². The molecule has 2 aromatic rings. The van der Waals surface area contributed by atoms with Gasteiger partial charge in [0.1, 0.15) is 0 Å². The minimum Gasteiger partial charge on any atom is -0.465 e. The van der Waals surface area contributed by atoms with Gasteiger partial charge in [-0.2, -0.15) is 0 Å². The Bertz CT molecular complexity index is 691. The van der Waals surface area contributed by atoms with Crippen molar-refractivity contribution in [1.82, 2.24) is 0 Å². The Morgan fingerprint density at radius 2 is 1.67 bits per heavy atom. The Morgan fingerprint density at radius 3 is 2.38 bits per heavy atom. The van der Waals surface area contributed by atoms with Crippen LogP contribution in [0.1, 0.15) is 26.3 Å². The number of carbonyl (C=O) groups is 2. The van der Waals surface area contributed by atoms with Crippen molar-refractivity contribution in [2.75, 3.05) is 18.6 Å². The van der Waals surface area contributed by atoms with E-state index in [1.165, 1.54) is 12.7 Å². The summed E-state index contributed by atoms with van der Waals surface area (Å²) in [6, 6.07) is 14.5. The van der Waals surface area contributed by atoms with Gasteiger partial charge in [0.25, 0.3) is 5.91 Å². The average molecular weight is 281 g/mol. The number of ether oxygens (including phenoxy) is 1. The minimum absolute atomic E-state index is 0.0450. The molecule has 0 radical (unpaired) electrons. The van der Waals surface area contributed by atoms with E-state index in [0.717, 1.165) is 12.1 Å². The lowest BCUT2D eigenvalue weighted by Crippen LogP contribution is -2.28. The van der Waals surface area contributed by atoms with Crippen molar-refractivity contribution in [2.24, 2.45) is 0 Å². The zero-order valence-electron chi connectivity index (χ0n) is 11.7. The molecule has 1 aliphatic rings. The van der Waals surface area contributed by atoms with Crippen LogP contribution in [-0.2, 0) is 11.2 Å². The monoisotopic (exact) mass is 281 g/mol. The molecule has 0 N–H and O–H groups in total. The fraction of sp³-hybridized carbons (Fsp3) is 0.176. The van der Waals surface area contributed by atoms with Gasteiger partial charge in [-0.25, -0.2) is 4.79 Å². The first kappa shape index (κ1) is 13.4. The van der Waals surface area contributed by atoms with Gasteiger partial charge in [0.05, 0.1) is 12.7 Å². The van der Waals surface area contributed by atoms with Crippen molar-refractivity contribution in [3.05, 3.63) is 65.2 Å². The zero-order valence-corrected chi connectivity index (χ0v) is 11.7. The Kier molecular flexibility index (Phi) is 3.44. The molecular formula is C17H15NO3. The molecule has 0 bridgehead atoms. The number of anilines is 1. The second-order valence-corrected chi connectivity index (χ2v) is 4.90. The molecule has 1 aliphatic heterocycles. The lowest BCUT2D eigenvalue weighted by Gasteiger charge is -2.17. The number of benzene rings is 2. The van der Waals surface area contributed by atoms with Crippen molar-refractivity contribution in [2.45, 2.75) is 6.42 Å². The third-order valence-electron chi connectivity index (χ3n) is 3.69. The number of carbonyl (C=O) groups excluding carboxylic acids is 2. The molecule has 0 saturated heterocycles. The van der Waals surface area contributed by atoms with Crippen LogP contribution in [0, 0.1) is 0 Å². The second kappa shape index (κ2) is 5.40. The van der Waals surface area contributed by atoms with Crippen LogP contribution in [0.3, 0.4) is 0 Å². The van der Waals surface area contributed by atoms with Crippen LogP contribution in [0.4, 0.5) is 5.69 Å². The molecule has 106 valence electrons. The van der Waals surface area contributed by atoms with Gasteiger partial charge in [-0.1, -0.05) is 18.2 Å². The Morgan fingerprint density at radius 1 is 1.00 bits per heavy atom. The molecular weight excluding hydrogens is 266 g/mol. The van der Waals surface area contributed by atoms with Gasteiger partial charge in [0, 0.05) is 17.8 Å². The lowest BCUT2D eigenvalue weighted by atomic mass is 10.1. The van der Waals surface area contributed by atoms with Crippen LogP contribution < -0.4 is 4.90 Å². The smallest absolute Gasteiger partial charge is 0.337 e. The fourth-order valence-corrected chi connectivity index (χ4v) is 2.57. The maximum atomic E-state index is 12.6. The second-order valence-electron chi connectivity index (χ2n) is 4.90. The Labute approximate surface area is 123 Å². The molecule has 0 aromatic heterocycles. The topological polar surface area (TPSA) is 46.6 Å². The predicted octanol–water partition coefficient (Wildman–Crippen LogP) is 2.68. The number of amides is 1. The van der Waals surface area contributed by atoms with Gasteiger partial charge < -0.3 is 9.64 Å². The SMILES string of the molecule is COC(=O)c1ccc(C(=O)N2CCc3ccccc32)cc1. The van der Waals surface area contributed by atoms with E-state index >= 15 is 0 Å². The molecule has 4 nitrogen and oxygen atoms in total. The van der Waals surface area contributed by atoms with Crippen LogP contribution in [0.25, 0.3) is 0 Å². The number of methoxy groups -OCH3 is 1. The van der Waals surface area contributed by atoms with E-state index in [1.54, 1.807) is 29.2 Å². The number of para-hydroxylation sites is 1. The number of fused-ring (bicyclic) bond motifs is 1. The van der Waals surface area contributed by atoms with Gasteiger partial charge in [-0.15, -0.1) is 0 Å². The summed E-state index contributed by atoms with van der Waals surface area (Å²) in [6.07, 6.45) is 0.877. The summed E-state index contributed by atoms with van der Waals surface area (Å²) in [4.78, 5) is 25.7. The van der Waals surface area contributed by atoms with Crippen molar-refractivity contribution < 1.29 is 14.3 Å². The maximum absolute atomic E-state index is 12.6. The molecule has 3 rings (SSSR count). The number of nitrogens with zero attached hydrogens (tertiary/aromatic N) is 1. The summed E-state index contributed by atoms with van der Waals surface area (Å²) in [5.41, 5.74) is 3.17. The van der Waals surface area contributed by atoms with Gasteiger partial charge in [-0.05, 0) is 42.3 Å². The third-order valence-corrected chi connectivity index (χ3v) is 3.69. The highest BCUT2D eigenvalue weighted by Gasteiger charge is 2.25. The first-order valence-corrected chi connectivity index (χ1v) is 6.79. The van der Waals surface area contributed by atoms with Crippen molar-refractivity contribution in [1.29, 1.82) is 0 Å². The highest BCUT2D eigenvalue weighted by Crippen LogP contribution is 2.28. The van der Waals surface area contributed by atoms with Crippen molar-refractivity contribution >= 4 is 17.6 Å². The summed E-state index contributed by atoms with van der Waals surface area (Å²) in [5.74, 6) is -0.447. The molecule has 2 aromatic carbocycles. The van der Waals surface area contributed by atoms with Crippen LogP contribution >= 0.6 is 0 Å². The lowest BCUT2D eigenvalue weighted by molar-refractivity contribution is 0.0600. The number of rotatable bonds is 2. The molecule has 0 saturated carbocycles.